The minimum atomic E-state index is -0.359. The largest absolute Gasteiger partial charge is 0.352 e. The van der Waals surface area contributed by atoms with E-state index in [4.69, 9.17) is 9.47 Å². The van der Waals surface area contributed by atoms with Crippen LogP contribution < -0.4 is 0 Å². The number of carbonyl (C=O) groups is 1. The lowest BCUT2D eigenvalue weighted by Crippen LogP contribution is -2.46. The van der Waals surface area contributed by atoms with E-state index in [-0.39, 0.29) is 23.6 Å². The van der Waals surface area contributed by atoms with Gasteiger partial charge in [0.1, 0.15) is 0 Å². The first kappa shape index (κ1) is 11.4. The summed E-state index contributed by atoms with van der Waals surface area (Å²) < 4.78 is 11.6. The van der Waals surface area contributed by atoms with Gasteiger partial charge in [0.25, 0.3) is 0 Å². The molecule has 5 atom stereocenters. The van der Waals surface area contributed by atoms with Crippen LogP contribution in [0.15, 0.2) is 12.2 Å². The van der Waals surface area contributed by atoms with Gasteiger partial charge in [-0.25, -0.2) is 0 Å². The van der Waals surface area contributed by atoms with Crippen molar-refractivity contribution < 1.29 is 14.3 Å². The van der Waals surface area contributed by atoms with Crippen molar-refractivity contribution in [3.05, 3.63) is 12.2 Å². The van der Waals surface area contributed by atoms with Crippen LogP contribution in [0.4, 0.5) is 0 Å². The minimum absolute atomic E-state index is 0.0326. The highest BCUT2D eigenvalue weighted by molar-refractivity contribution is 5.96. The first-order valence-corrected chi connectivity index (χ1v) is 6.60. The quantitative estimate of drug-likeness (QED) is 0.701. The van der Waals surface area contributed by atoms with E-state index in [2.05, 4.69) is 13.8 Å². The summed E-state index contributed by atoms with van der Waals surface area (Å²) in [6.45, 7) is 5.02. The summed E-state index contributed by atoms with van der Waals surface area (Å²) >= 11 is 0. The minimum Gasteiger partial charge on any atom is -0.352 e. The van der Waals surface area contributed by atoms with Crippen molar-refractivity contribution in [3.63, 3.8) is 0 Å². The second-order valence-electron chi connectivity index (χ2n) is 5.83. The Balaban J connectivity index is 1.83. The Morgan fingerprint density at radius 2 is 2.29 bits per heavy atom. The molecule has 0 unspecified atom stereocenters. The third-order valence-corrected chi connectivity index (χ3v) is 4.95. The highest BCUT2D eigenvalue weighted by atomic mass is 16.7. The summed E-state index contributed by atoms with van der Waals surface area (Å²) in [5, 5.41) is 0. The van der Waals surface area contributed by atoms with Gasteiger partial charge < -0.3 is 9.47 Å². The highest BCUT2D eigenvalue weighted by Crippen LogP contribution is 2.47. The highest BCUT2D eigenvalue weighted by Gasteiger charge is 2.52. The lowest BCUT2D eigenvalue weighted by Gasteiger charge is -2.40. The van der Waals surface area contributed by atoms with E-state index in [0.717, 1.165) is 25.9 Å². The molecule has 17 heavy (non-hydrogen) atoms. The molecule has 3 rings (SSSR count). The standard InChI is InChI=1S/C14H20O3/c1-9-4-3-5-11(15)14(9,2)12-8-10-6-7-16-13(10)17-12/h3,5,9-10,12-13H,4,6-8H2,1-2H3/t9-,10-,12+,13+,14+/m1/s1. The Kier molecular flexibility index (Phi) is 2.64. The van der Waals surface area contributed by atoms with Crippen molar-refractivity contribution in [2.24, 2.45) is 17.3 Å². The van der Waals surface area contributed by atoms with E-state index in [9.17, 15) is 4.79 Å². The van der Waals surface area contributed by atoms with Crippen molar-refractivity contribution in [1.82, 2.24) is 0 Å². The molecule has 0 spiro atoms. The number of ketones is 1. The maximum atomic E-state index is 12.2. The molecule has 1 aliphatic carbocycles. The van der Waals surface area contributed by atoms with E-state index >= 15 is 0 Å². The van der Waals surface area contributed by atoms with Gasteiger partial charge in [-0.2, -0.15) is 0 Å². The zero-order valence-electron chi connectivity index (χ0n) is 10.5. The zero-order chi connectivity index (χ0) is 12.0. The Bertz CT molecular complexity index is 350. The van der Waals surface area contributed by atoms with Crippen LogP contribution in [0.25, 0.3) is 0 Å². The Hall–Kier alpha value is -0.670. The summed E-state index contributed by atoms with van der Waals surface area (Å²) in [4.78, 5) is 12.2. The summed E-state index contributed by atoms with van der Waals surface area (Å²) in [6, 6.07) is 0. The first-order chi connectivity index (χ1) is 8.12. The van der Waals surface area contributed by atoms with E-state index in [1.54, 1.807) is 6.08 Å². The maximum absolute atomic E-state index is 12.2. The fourth-order valence-corrected chi connectivity index (χ4v) is 3.39. The molecule has 2 fully saturated rings. The van der Waals surface area contributed by atoms with Gasteiger partial charge in [0.05, 0.1) is 18.1 Å². The molecule has 0 bridgehead atoms. The summed E-state index contributed by atoms with van der Waals surface area (Å²) in [7, 11) is 0. The maximum Gasteiger partial charge on any atom is 0.164 e. The molecule has 2 heterocycles. The number of hydrogen-bond acceptors (Lipinski definition) is 3. The molecular formula is C14H20O3. The average molecular weight is 236 g/mol. The van der Waals surface area contributed by atoms with Crippen molar-refractivity contribution >= 4 is 5.78 Å². The van der Waals surface area contributed by atoms with E-state index in [0.29, 0.717) is 11.8 Å². The van der Waals surface area contributed by atoms with Gasteiger partial charge in [-0.15, -0.1) is 0 Å². The molecule has 0 aromatic rings. The molecule has 94 valence electrons. The second kappa shape index (κ2) is 3.92. The van der Waals surface area contributed by atoms with E-state index in [1.165, 1.54) is 0 Å². The van der Waals surface area contributed by atoms with Crippen LogP contribution in [-0.4, -0.2) is 24.8 Å². The topological polar surface area (TPSA) is 35.5 Å². The summed E-state index contributed by atoms with van der Waals surface area (Å²) in [5.41, 5.74) is -0.359. The molecule has 2 saturated heterocycles. The number of carbonyl (C=O) groups excluding carboxylic acids is 1. The molecule has 3 nitrogen and oxygen atoms in total. The van der Waals surface area contributed by atoms with E-state index in [1.807, 2.05) is 6.08 Å². The molecule has 0 aromatic heterocycles. The third-order valence-electron chi connectivity index (χ3n) is 4.95. The molecule has 0 aromatic carbocycles. The SMILES string of the molecule is C[C@@H]1CC=CC(=O)[C@@]1(C)[C@@H]1C[C@H]2CCO[C@H]2O1. The van der Waals surface area contributed by atoms with Gasteiger partial charge in [0.15, 0.2) is 12.1 Å². The normalized spacial score (nSPS) is 49.6. The van der Waals surface area contributed by atoms with Gasteiger partial charge in [0.2, 0.25) is 0 Å². The van der Waals surface area contributed by atoms with Crippen molar-refractivity contribution in [3.8, 4) is 0 Å². The van der Waals surface area contributed by atoms with Crippen molar-refractivity contribution in [2.75, 3.05) is 6.61 Å². The number of allylic oxidation sites excluding steroid dienone is 2. The van der Waals surface area contributed by atoms with Crippen LogP contribution in [0.1, 0.15) is 33.1 Å². The van der Waals surface area contributed by atoms with Crippen molar-refractivity contribution in [2.45, 2.75) is 45.5 Å². The first-order valence-electron chi connectivity index (χ1n) is 6.60. The second-order valence-corrected chi connectivity index (χ2v) is 5.83. The predicted molar refractivity (Wildman–Crippen MR) is 63.4 cm³/mol. The lowest BCUT2D eigenvalue weighted by molar-refractivity contribution is -0.162. The van der Waals surface area contributed by atoms with Gasteiger partial charge in [-0.1, -0.05) is 13.0 Å². The number of ether oxygens (including phenoxy) is 2. The smallest absolute Gasteiger partial charge is 0.164 e. The number of hydrogen-bond donors (Lipinski definition) is 0. The average Bonchev–Trinajstić information content (AvgIpc) is 2.85. The van der Waals surface area contributed by atoms with Crippen molar-refractivity contribution in [1.29, 1.82) is 0 Å². The lowest BCUT2D eigenvalue weighted by atomic mass is 9.65. The van der Waals surface area contributed by atoms with Crippen LogP contribution in [-0.2, 0) is 14.3 Å². The van der Waals surface area contributed by atoms with Crippen LogP contribution in [0.5, 0.6) is 0 Å². The molecule has 2 aliphatic heterocycles. The van der Waals surface area contributed by atoms with E-state index < -0.39 is 0 Å². The van der Waals surface area contributed by atoms with Crippen LogP contribution in [0.3, 0.4) is 0 Å². The van der Waals surface area contributed by atoms with Crippen LogP contribution in [0.2, 0.25) is 0 Å². The summed E-state index contributed by atoms with van der Waals surface area (Å²) in [5.74, 6) is 1.08. The fraction of sp³-hybridized carbons (Fsp3) is 0.786. The Morgan fingerprint density at radius 1 is 1.47 bits per heavy atom. The molecule has 0 amide bonds. The van der Waals surface area contributed by atoms with Gasteiger partial charge in [-0.3, -0.25) is 4.79 Å². The molecule has 3 heteroatoms. The molecular weight excluding hydrogens is 216 g/mol. The Labute approximate surface area is 102 Å². The van der Waals surface area contributed by atoms with Gasteiger partial charge >= 0.3 is 0 Å². The van der Waals surface area contributed by atoms with Gasteiger partial charge in [-0.05, 0) is 38.2 Å². The summed E-state index contributed by atoms with van der Waals surface area (Å²) in [6.07, 6.45) is 6.73. The molecule has 0 saturated carbocycles. The zero-order valence-corrected chi connectivity index (χ0v) is 10.5. The number of rotatable bonds is 1. The predicted octanol–water partition coefficient (Wildman–Crippen LogP) is 2.31. The monoisotopic (exact) mass is 236 g/mol. The van der Waals surface area contributed by atoms with Gasteiger partial charge in [0, 0.05) is 5.92 Å². The molecule has 3 aliphatic rings. The Morgan fingerprint density at radius 3 is 3.00 bits per heavy atom. The third kappa shape index (κ3) is 1.59. The van der Waals surface area contributed by atoms with Crippen LogP contribution in [0, 0.1) is 17.3 Å². The number of fused-ring (bicyclic) bond motifs is 1. The van der Waals surface area contributed by atoms with Crippen LogP contribution >= 0.6 is 0 Å². The molecule has 0 radical (unpaired) electrons. The molecule has 0 N–H and O–H groups in total. The fourth-order valence-electron chi connectivity index (χ4n) is 3.39.